The predicted octanol–water partition coefficient (Wildman–Crippen LogP) is 5.87. The summed E-state index contributed by atoms with van der Waals surface area (Å²) < 4.78 is 6.60. The highest BCUT2D eigenvalue weighted by molar-refractivity contribution is 9.10. The lowest BCUT2D eigenvalue weighted by molar-refractivity contribution is 0.669. The lowest BCUT2D eigenvalue weighted by Gasteiger charge is -2.05. The van der Waals surface area contributed by atoms with Crippen LogP contribution in [-0.4, -0.2) is 15.0 Å². The van der Waals surface area contributed by atoms with E-state index >= 15 is 0 Å². The highest BCUT2D eigenvalue weighted by Crippen LogP contribution is 2.35. The van der Waals surface area contributed by atoms with E-state index < -0.39 is 0 Å². The Morgan fingerprint density at radius 2 is 1.38 bits per heavy atom. The molecule has 2 heterocycles. The van der Waals surface area contributed by atoms with Crippen molar-refractivity contribution in [2.24, 2.45) is 0 Å². The Balaban J connectivity index is 1.77. The molecule has 124 valence electrons. The minimum absolute atomic E-state index is 0.495. The van der Waals surface area contributed by atoms with E-state index in [1.807, 2.05) is 60.7 Å². The summed E-state index contributed by atoms with van der Waals surface area (Å²) >= 11 is 3.41. The van der Waals surface area contributed by atoms with E-state index in [1.165, 1.54) is 0 Å². The summed E-state index contributed by atoms with van der Waals surface area (Å²) in [5, 5.41) is 2.14. The second-order valence-electron chi connectivity index (χ2n) is 5.90. The van der Waals surface area contributed by atoms with Crippen LogP contribution in [0.1, 0.15) is 0 Å². The average Bonchev–Trinajstić information content (AvgIpc) is 3.07. The van der Waals surface area contributed by atoms with Crippen molar-refractivity contribution in [3.05, 3.63) is 77.5 Å². The van der Waals surface area contributed by atoms with Crippen LogP contribution < -0.4 is 0 Å². The second-order valence-corrected chi connectivity index (χ2v) is 6.61. The van der Waals surface area contributed by atoms with Crippen LogP contribution in [-0.2, 0) is 0 Å². The highest BCUT2D eigenvalue weighted by Gasteiger charge is 2.15. The van der Waals surface area contributed by atoms with E-state index in [-0.39, 0.29) is 0 Å². The number of hydrogen-bond acceptors (Lipinski definition) is 4. The van der Waals surface area contributed by atoms with Gasteiger partial charge < -0.3 is 4.42 Å². The summed E-state index contributed by atoms with van der Waals surface area (Å²) in [6.45, 7) is 0. The van der Waals surface area contributed by atoms with Crippen molar-refractivity contribution in [3.8, 4) is 22.8 Å². The maximum Gasteiger partial charge on any atom is 0.200 e. The smallest absolute Gasteiger partial charge is 0.200 e. The van der Waals surface area contributed by atoms with Gasteiger partial charge in [-0.05, 0) is 28.1 Å². The zero-order valence-electron chi connectivity index (χ0n) is 13.6. The first-order valence-electron chi connectivity index (χ1n) is 8.17. The molecule has 3 aromatic carbocycles. The maximum absolute atomic E-state index is 6.11. The quantitative estimate of drug-likeness (QED) is 0.371. The van der Waals surface area contributed by atoms with Crippen molar-refractivity contribution in [1.29, 1.82) is 0 Å². The van der Waals surface area contributed by atoms with Crippen LogP contribution in [0.3, 0.4) is 0 Å². The number of nitrogens with zero attached hydrogens (tertiary/aromatic N) is 3. The molecule has 0 amide bonds. The van der Waals surface area contributed by atoms with Crippen LogP contribution in [0.4, 0.5) is 0 Å². The van der Waals surface area contributed by atoms with Crippen LogP contribution in [0.2, 0.25) is 0 Å². The molecule has 0 spiro atoms. The standard InChI is InChI=1S/C21H12BrN3O/c22-21-24-19(13-7-2-1-3-8-13)23-20(25-21)16-11-6-10-15-14-9-4-5-12-17(14)26-18(15)16/h1-12H. The fraction of sp³-hybridized carbons (Fsp3) is 0. The molecular weight excluding hydrogens is 390 g/mol. The summed E-state index contributed by atoms with van der Waals surface area (Å²) in [6.07, 6.45) is 0. The molecule has 0 saturated carbocycles. The number of aromatic nitrogens is 3. The van der Waals surface area contributed by atoms with Gasteiger partial charge in [0, 0.05) is 16.3 Å². The van der Waals surface area contributed by atoms with E-state index in [2.05, 4.69) is 43.0 Å². The SMILES string of the molecule is Brc1nc(-c2ccccc2)nc(-c2cccc3c2oc2ccccc23)n1. The molecule has 0 fully saturated rings. The Hall–Kier alpha value is -3.05. The van der Waals surface area contributed by atoms with E-state index in [0.29, 0.717) is 16.4 Å². The van der Waals surface area contributed by atoms with Crippen LogP contribution >= 0.6 is 15.9 Å². The first-order chi connectivity index (χ1) is 12.8. The maximum atomic E-state index is 6.11. The first-order valence-corrected chi connectivity index (χ1v) is 8.96. The Labute approximate surface area is 157 Å². The van der Waals surface area contributed by atoms with E-state index in [0.717, 1.165) is 33.1 Å². The third kappa shape index (κ3) is 2.48. The average molecular weight is 402 g/mol. The minimum atomic E-state index is 0.495. The second kappa shape index (κ2) is 6.04. The predicted molar refractivity (Wildman–Crippen MR) is 106 cm³/mol. The highest BCUT2D eigenvalue weighted by atomic mass is 79.9. The van der Waals surface area contributed by atoms with E-state index in [1.54, 1.807) is 0 Å². The molecule has 5 aromatic rings. The van der Waals surface area contributed by atoms with Gasteiger partial charge in [0.05, 0.1) is 5.56 Å². The molecule has 0 atom stereocenters. The number of benzene rings is 3. The topological polar surface area (TPSA) is 51.8 Å². The summed E-state index contributed by atoms with van der Waals surface area (Å²) in [6, 6.07) is 23.9. The summed E-state index contributed by atoms with van der Waals surface area (Å²) in [5.74, 6) is 1.20. The van der Waals surface area contributed by atoms with Gasteiger partial charge in [0.15, 0.2) is 11.6 Å². The van der Waals surface area contributed by atoms with E-state index in [4.69, 9.17) is 4.42 Å². The van der Waals surface area contributed by atoms with Gasteiger partial charge in [-0.3, -0.25) is 0 Å². The molecule has 0 radical (unpaired) electrons. The van der Waals surface area contributed by atoms with Crippen molar-refractivity contribution < 1.29 is 4.42 Å². The number of para-hydroxylation sites is 2. The summed E-state index contributed by atoms with van der Waals surface area (Å²) in [7, 11) is 0. The molecule has 2 aromatic heterocycles. The molecule has 26 heavy (non-hydrogen) atoms. The van der Waals surface area contributed by atoms with Gasteiger partial charge in [-0.2, -0.15) is 0 Å². The monoisotopic (exact) mass is 401 g/mol. The molecule has 0 bridgehead atoms. The van der Waals surface area contributed by atoms with Crippen molar-refractivity contribution in [2.45, 2.75) is 0 Å². The van der Waals surface area contributed by atoms with Crippen molar-refractivity contribution in [2.75, 3.05) is 0 Å². The van der Waals surface area contributed by atoms with Gasteiger partial charge in [0.2, 0.25) is 4.73 Å². The molecule has 0 saturated heterocycles. The van der Waals surface area contributed by atoms with Gasteiger partial charge in [-0.1, -0.05) is 60.7 Å². The number of halogens is 1. The lowest BCUT2D eigenvalue weighted by atomic mass is 10.1. The molecule has 0 aliphatic carbocycles. The fourth-order valence-corrected chi connectivity index (χ4v) is 3.45. The van der Waals surface area contributed by atoms with Gasteiger partial charge in [-0.15, -0.1) is 0 Å². The molecule has 0 unspecified atom stereocenters. The molecule has 5 rings (SSSR count). The third-order valence-corrected chi connectivity index (χ3v) is 4.64. The van der Waals surface area contributed by atoms with Crippen LogP contribution in [0.5, 0.6) is 0 Å². The lowest BCUT2D eigenvalue weighted by Crippen LogP contribution is -1.97. The molecule has 0 aliphatic rings. The van der Waals surface area contributed by atoms with Gasteiger partial charge >= 0.3 is 0 Å². The van der Waals surface area contributed by atoms with Gasteiger partial charge in [0.25, 0.3) is 0 Å². The molecule has 4 nitrogen and oxygen atoms in total. The van der Waals surface area contributed by atoms with Crippen LogP contribution in [0, 0.1) is 0 Å². The Morgan fingerprint density at radius 1 is 0.654 bits per heavy atom. The molecule has 0 aliphatic heterocycles. The van der Waals surface area contributed by atoms with Crippen molar-refractivity contribution >= 4 is 37.9 Å². The van der Waals surface area contributed by atoms with Crippen LogP contribution in [0.25, 0.3) is 44.7 Å². The fourth-order valence-electron chi connectivity index (χ4n) is 3.11. The Kier molecular flexibility index (Phi) is 3.53. The van der Waals surface area contributed by atoms with Gasteiger partial charge in [0.1, 0.15) is 11.2 Å². The molecule has 0 N–H and O–H groups in total. The number of furan rings is 1. The molecule has 5 heteroatoms. The van der Waals surface area contributed by atoms with Crippen molar-refractivity contribution in [3.63, 3.8) is 0 Å². The third-order valence-electron chi connectivity index (χ3n) is 4.29. The van der Waals surface area contributed by atoms with Gasteiger partial charge in [-0.25, -0.2) is 15.0 Å². The Bertz CT molecular complexity index is 1250. The van der Waals surface area contributed by atoms with Crippen molar-refractivity contribution in [1.82, 2.24) is 15.0 Å². The van der Waals surface area contributed by atoms with Crippen LogP contribution in [0.15, 0.2) is 81.9 Å². The summed E-state index contributed by atoms with van der Waals surface area (Å²) in [5.41, 5.74) is 3.42. The zero-order chi connectivity index (χ0) is 17.5. The largest absolute Gasteiger partial charge is 0.455 e. The molecular formula is C21H12BrN3O. The Morgan fingerprint density at radius 3 is 2.27 bits per heavy atom. The number of fused-ring (bicyclic) bond motifs is 3. The minimum Gasteiger partial charge on any atom is -0.455 e. The number of hydrogen-bond donors (Lipinski definition) is 0. The number of rotatable bonds is 2. The normalized spacial score (nSPS) is 11.3. The van der Waals surface area contributed by atoms with E-state index in [9.17, 15) is 0 Å². The summed E-state index contributed by atoms with van der Waals surface area (Å²) in [4.78, 5) is 13.6. The zero-order valence-corrected chi connectivity index (χ0v) is 15.1. The first kappa shape index (κ1) is 15.2.